The molecule has 0 saturated carbocycles. The maximum atomic E-state index is 13.5. The van der Waals surface area contributed by atoms with Gasteiger partial charge in [0.15, 0.2) is 0 Å². The minimum absolute atomic E-state index is 0.142. The zero-order valence-corrected chi connectivity index (χ0v) is 20.9. The number of amides is 2. The maximum Gasteiger partial charge on any atom is 0.242 e. The van der Waals surface area contributed by atoms with Gasteiger partial charge in [0.25, 0.3) is 0 Å². The van der Waals surface area contributed by atoms with Crippen LogP contribution in [0.1, 0.15) is 16.7 Å². The third-order valence-electron chi connectivity index (χ3n) is 5.26. The summed E-state index contributed by atoms with van der Waals surface area (Å²) >= 11 is 13.9. The third kappa shape index (κ3) is 7.26. The van der Waals surface area contributed by atoms with Crippen LogP contribution in [0.2, 0.25) is 10.0 Å². The van der Waals surface area contributed by atoms with Crippen molar-refractivity contribution in [2.75, 3.05) is 12.8 Å². The zero-order chi connectivity index (χ0) is 23.8. The van der Waals surface area contributed by atoms with Gasteiger partial charge < -0.3 is 10.2 Å². The predicted octanol–water partition coefficient (Wildman–Crippen LogP) is 5.78. The first-order chi connectivity index (χ1) is 15.9. The summed E-state index contributed by atoms with van der Waals surface area (Å²) in [7, 11) is 1.58. The Labute approximate surface area is 209 Å². The molecule has 0 fully saturated rings. The van der Waals surface area contributed by atoms with Gasteiger partial charge in [0.2, 0.25) is 11.8 Å². The molecule has 2 amide bonds. The summed E-state index contributed by atoms with van der Waals surface area (Å²) in [5.74, 6) is -0.162. The number of likely N-dealkylation sites (N-methyl/N-ethyl adjacent to an activating group) is 1. The average Bonchev–Trinajstić information content (AvgIpc) is 2.82. The van der Waals surface area contributed by atoms with Crippen molar-refractivity contribution in [1.29, 1.82) is 0 Å². The Morgan fingerprint density at radius 1 is 1.00 bits per heavy atom. The van der Waals surface area contributed by atoms with E-state index in [1.807, 2.05) is 61.5 Å². The van der Waals surface area contributed by atoms with E-state index < -0.39 is 6.04 Å². The van der Waals surface area contributed by atoms with Gasteiger partial charge in [-0.2, -0.15) is 0 Å². The first kappa shape index (κ1) is 25.2. The van der Waals surface area contributed by atoms with Crippen LogP contribution < -0.4 is 5.32 Å². The number of carbonyl (C=O) groups excluding carboxylic acids is 2. The fraction of sp³-hybridized carbons (Fsp3) is 0.231. The maximum absolute atomic E-state index is 13.5. The molecule has 1 atom stereocenters. The van der Waals surface area contributed by atoms with Crippen molar-refractivity contribution in [3.63, 3.8) is 0 Å². The molecule has 3 aromatic carbocycles. The van der Waals surface area contributed by atoms with Gasteiger partial charge in [-0.25, -0.2) is 0 Å². The molecular weight excluding hydrogens is 475 g/mol. The second kappa shape index (κ2) is 12.1. The predicted molar refractivity (Wildman–Crippen MR) is 137 cm³/mol. The Morgan fingerprint density at radius 3 is 2.33 bits per heavy atom. The van der Waals surface area contributed by atoms with Gasteiger partial charge in [-0.15, -0.1) is 11.8 Å². The van der Waals surface area contributed by atoms with E-state index in [1.165, 1.54) is 11.8 Å². The van der Waals surface area contributed by atoms with Gasteiger partial charge in [0.1, 0.15) is 6.04 Å². The highest BCUT2D eigenvalue weighted by Crippen LogP contribution is 2.25. The minimum atomic E-state index is -0.685. The quantitative estimate of drug-likeness (QED) is 0.378. The van der Waals surface area contributed by atoms with Gasteiger partial charge in [0.05, 0.1) is 5.75 Å². The normalized spacial score (nSPS) is 11.6. The Morgan fingerprint density at radius 2 is 1.70 bits per heavy atom. The van der Waals surface area contributed by atoms with E-state index in [1.54, 1.807) is 30.1 Å². The van der Waals surface area contributed by atoms with Crippen LogP contribution in [0.3, 0.4) is 0 Å². The highest BCUT2D eigenvalue weighted by molar-refractivity contribution is 8.00. The number of carbonyl (C=O) groups is 2. The summed E-state index contributed by atoms with van der Waals surface area (Å²) in [6.45, 7) is 2.23. The Bertz CT molecular complexity index is 1090. The molecule has 0 radical (unpaired) electrons. The lowest BCUT2D eigenvalue weighted by atomic mass is 10.0. The summed E-state index contributed by atoms with van der Waals surface area (Å²) in [4.78, 5) is 29.0. The monoisotopic (exact) mass is 500 g/mol. The molecule has 33 heavy (non-hydrogen) atoms. The van der Waals surface area contributed by atoms with E-state index in [0.29, 0.717) is 16.5 Å². The van der Waals surface area contributed by atoms with Crippen molar-refractivity contribution in [1.82, 2.24) is 10.2 Å². The Hall–Kier alpha value is -2.47. The molecule has 0 aromatic heterocycles. The van der Waals surface area contributed by atoms with E-state index in [-0.39, 0.29) is 24.1 Å². The molecule has 1 unspecified atom stereocenters. The number of thioether (sulfide) groups is 1. The standard InChI is InChI=1S/C26H26Cl2N2O2S/c1-18-8-12-22(13-9-18)33-17-25(31)30(16-20-10-11-21(27)15-23(20)28)24(26(32)29-2)14-19-6-4-3-5-7-19/h3-13,15,24H,14,16-17H2,1-2H3,(H,29,32). The lowest BCUT2D eigenvalue weighted by molar-refractivity contribution is -0.139. The number of hydrogen-bond donors (Lipinski definition) is 1. The van der Waals surface area contributed by atoms with Crippen molar-refractivity contribution < 1.29 is 9.59 Å². The molecule has 0 aliphatic carbocycles. The molecule has 0 heterocycles. The van der Waals surface area contributed by atoms with Crippen molar-refractivity contribution >= 4 is 46.8 Å². The fourth-order valence-corrected chi connectivity index (χ4v) is 4.67. The van der Waals surface area contributed by atoms with Crippen molar-refractivity contribution in [2.45, 2.75) is 30.8 Å². The molecule has 0 spiro atoms. The Kier molecular flexibility index (Phi) is 9.24. The second-order valence-electron chi connectivity index (χ2n) is 7.68. The highest BCUT2D eigenvalue weighted by Gasteiger charge is 2.30. The van der Waals surface area contributed by atoms with Crippen LogP contribution in [0.15, 0.2) is 77.7 Å². The number of benzene rings is 3. The molecule has 172 valence electrons. The number of rotatable bonds is 9. The van der Waals surface area contributed by atoms with Gasteiger partial charge >= 0.3 is 0 Å². The first-order valence-electron chi connectivity index (χ1n) is 10.6. The molecule has 0 bridgehead atoms. The summed E-state index contributed by atoms with van der Waals surface area (Å²) in [6.07, 6.45) is 0.395. The number of halogens is 2. The molecular formula is C26H26Cl2N2O2S. The summed E-state index contributed by atoms with van der Waals surface area (Å²) in [6, 6.07) is 22.2. The largest absolute Gasteiger partial charge is 0.357 e. The van der Waals surface area contributed by atoms with Crippen molar-refractivity contribution in [2.24, 2.45) is 0 Å². The first-order valence-corrected chi connectivity index (χ1v) is 12.3. The van der Waals surface area contributed by atoms with Crippen molar-refractivity contribution in [3.8, 4) is 0 Å². The van der Waals surface area contributed by atoms with Crippen LogP contribution >= 0.6 is 35.0 Å². The lowest BCUT2D eigenvalue weighted by Crippen LogP contribution is -2.50. The molecule has 3 rings (SSSR count). The molecule has 1 N–H and O–H groups in total. The van der Waals surface area contributed by atoms with Crippen LogP contribution in [0.25, 0.3) is 0 Å². The van der Waals surface area contributed by atoms with E-state index in [2.05, 4.69) is 5.32 Å². The molecule has 0 saturated heterocycles. The summed E-state index contributed by atoms with van der Waals surface area (Å²) < 4.78 is 0. The SMILES string of the molecule is CNC(=O)C(Cc1ccccc1)N(Cc1ccc(Cl)cc1Cl)C(=O)CSc1ccc(C)cc1. The van der Waals surface area contributed by atoms with Crippen LogP contribution in [-0.4, -0.2) is 35.6 Å². The Balaban J connectivity index is 1.89. The number of hydrogen-bond acceptors (Lipinski definition) is 3. The van der Waals surface area contributed by atoms with Crippen LogP contribution in [0, 0.1) is 6.92 Å². The number of aryl methyl sites for hydroxylation is 1. The van der Waals surface area contributed by atoms with E-state index >= 15 is 0 Å². The number of nitrogens with zero attached hydrogens (tertiary/aromatic N) is 1. The topological polar surface area (TPSA) is 49.4 Å². The van der Waals surface area contributed by atoms with Crippen LogP contribution in [0.5, 0.6) is 0 Å². The van der Waals surface area contributed by atoms with E-state index in [4.69, 9.17) is 23.2 Å². The van der Waals surface area contributed by atoms with Gasteiger partial charge in [0, 0.05) is 35.0 Å². The fourth-order valence-electron chi connectivity index (χ4n) is 3.42. The van der Waals surface area contributed by atoms with E-state index in [9.17, 15) is 9.59 Å². The third-order valence-corrected chi connectivity index (χ3v) is 6.84. The summed E-state index contributed by atoms with van der Waals surface area (Å²) in [5.41, 5.74) is 2.86. The summed E-state index contributed by atoms with van der Waals surface area (Å²) in [5, 5.41) is 3.69. The zero-order valence-electron chi connectivity index (χ0n) is 18.6. The molecule has 7 heteroatoms. The van der Waals surface area contributed by atoms with Gasteiger partial charge in [-0.3, -0.25) is 9.59 Å². The van der Waals surface area contributed by atoms with Crippen molar-refractivity contribution in [3.05, 3.63) is 99.5 Å². The van der Waals surface area contributed by atoms with Crippen LogP contribution in [0.4, 0.5) is 0 Å². The molecule has 0 aliphatic heterocycles. The van der Waals surface area contributed by atoms with E-state index in [0.717, 1.165) is 21.6 Å². The number of nitrogens with one attached hydrogen (secondary N) is 1. The molecule has 4 nitrogen and oxygen atoms in total. The lowest BCUT2D eigenvalue weighted by Gasteiger charge is -2.31. The van der Waals surface area contributed by atoms with Gasteiger partial charge in [-0.1, -0.05) is 77.3 Å². The average molecular weight is 501 g/mol. The molecule has 3 aromatic rings. The second-order valence-corrected chi connectivity index (χ2v) is 9.57. The van der Waals surface area contributed by atoms with Gasteiger partial charge in [-0.05, 0) is 42.3 Å². The minimum Gasteiger partial charge on any atom is -0.357 e. The highest BCUT2D eigenvalue weighted by atomic mass is 35.5. The smallest absolute Gasteiger partial charge is 0.242 e. The van der Waals surface area contributed by atoms with Crippen LogP contribution in [-0.2, 0) is 22.6 Å². The molecule has 0 aliphatic rings.